The molecule has 1 aliphatic rings. The Balaban J connectivity index is 1.46. The van der Waals surface area contributed by atoms with E-state index in [0.29, 0.717) is 34.5 Å². The predicted molar refractivity (Wildman–Crippen MR) is 124 cm³/mol. The second kappa shape index (κ2) is 9.22. The van der Waals surface area contributed by atoms with Crippen LogP contribution in [-0.4, -0.2) is 48.1 Å². The number of rotatable bonds is 8. The van der Waals surface area contributed by atoms with Gasteiger partial charge in [0.05, 0.1) is 32.0 Å². The van der Waals surface area contributed by atoms with E-state index in [1.807, 2.05) is 46.7 Å². The van der Waals surface area contributed by atoms with E-state index in [9.17, 15) is 5.11 Å². The van der Waals surface area contributed by atoms with Crippen molar-refractivity contribution < 1.29 is 14.6 Å². The molecule has 160 valence electrons. The molecule has 1 aromatic heterocycles. The summed E-state index contributed by atoms with van der Waals surface area (Å²) in [6.07, 6.45) is 1.86. The van der Waals surface area contributed by atoms with Gasteiger partial charge in [-0.25, -0.2) is 4.98 Å². The van der Waals surface area contributed by atoms with Gasteiger partial charge >= 0.3 is 0 Å². The highest BCUT2D eigenvalue weighted by molar-refractivity contribution is 7.11. The summed E-state index contributed by atoms with van der Waals surface area (Å²) in [6.45, 7) is 1.07. The Kier molecular flexibility index (Phi) is 6.23. The highest BCUT2D eigenvalue weighted by atomic mass is 32.1. The van der Waals surface area contributed by atoms with Crippen molar-refractivity contribution in [2.24, 2.45) is 0 Å². The first kappa shape index (κ1) is 20.9. The number of hydrogen-bond donors (Lipinski definition) is 2. The second-order valence-electron chi connectivity index (χ2n) is 7.29. The summed E-state index contributed by atoms with van der Waals surface area (Å²) >= 11 is 1.43. The first-order chi connectivity index (χ1) is 15.1. The van der Waals surface area contributed by atoms with Gasteiger partial charge in [-0.05, 0) is 36.6 Å². The Bertz CT molecular complexity index is 1110. The van der Waals surface area contributed by atoms with Gasteiger partial charge in [0.1, 0.15) is 16.6 Å². The summed E-state index contributed by atoms with van der Waals surface area (Å²) in [5, 5.41) is 21.7. The number of nitrogens with one attached hydrogen (secondary N) is 1. The SMILES string of the molecule is COc1ccc(-c2csc(C3=C(O)CN(CCCc4ccccc4)C3=N)n2)cc1OC. The number of aliphatic hydroxyl groups is 1. The van der Waals surface area contributed by atoms with Gasteiger partial charge in [0.25, 0.3) is 0 Å². The summed E-state index contributed by atoms with van der Waals surface area (Å²) < 4.78 is 10.7. The second-order valence-corrected chi connectivity index (χ2v) is 8.15. The van der Waals surface area contributed by atoms with Crippen LogP contribution in [0.2, 0.25) is 0 Å². The van der Waals surface area contributed by atoms with Gasteiger partial charge in [-0.1, -0.05) is 30.3 Å². The van der Waals surface area contributed by atoms with E-state index in [2.05, 4.69) is 12.1 Å². The number of aliphatic hydroxyl groups excluding tert-OH is 1. The first-order valence-corrected chi connectivity index (χ1v) is 11.0. The van der Waals surface area contributed by atoms with Crippen LogP contribution in [0.5, 0.6) is 11.5 Å². The molecule has 31 heavy (non-hydrogen) atoms. The molecule has 0 fully saturated rings. The van der Waals surface area contributed by atoms with Crippen LogP contribution in [0.1, 0.15) is 17.0 Å². The van der Waals surface area contributed by atoms with E-state index in [1.54, 1.807) is 14.2 Å². The zero-order valence-corrected chi connectivity index (χ0v) is 18.4. The largest absolute Gasteiger partial charge is 0.510 e. The molecule has 0 bridgehead atoms. The summed E-state index contributed by atoms with van der Waals surface area (Å²) in [4.78, 5) is 6.60. The van der Waals surface area contributed by atoms with E-state index in [4.69, 9.17) is 19.9 Å². The molecule has 4 rings (SSSR count). The van der Waals surface area contributed by atoms with E-state index >= 15 is 0 Å². The average Bonchev–Trinajstić information content (AvgIpc) is 3.38. The van der Waals surface area contributed by atoms with Gasteiger partial charge in [0.2, 0.25) is 0 Å². The van der Waals surface area contributed by atoms with Crippen LogP contribution in [0.3, 0.4) is 0 Å². The lowest BCUT2D eigenvalue weighted by Crippen LogP contribution is -2.28. The predicted octanol–water partition coefficient (Wildman–Crippen LogP) is 5.02. The Morgan fingerprint density at radius 2 is 1.87 bits per heavy atom. The Hall–Kier alpha value is -3.32. The number of nitrogens with zero attached hydrogens (tertiary/aromatic N) is 2. The van der Waals surface area contributed by atoms with Gasteiger partial charge in [0.15, 0.2) is 11.5 Å². The minimum Gasteiger partial charge on any atom is -0.510 e. The lowest BCUT2D eigenvalue weighted by atomic mass is 10.1. The molecular weight excluding hydrogens is 410 g/mol. The van der Waals surface area contributed by atoms with Crippen molar-refractivity contribution in [2.75, 3.05) is 27.3 Å². The fraction of sp³-hybridized carbons (Fsp3) is 0.250. The summed E-state index contributed by atoms with van der Waals surface area (Å²) in [7, 11) is 3.20. The molecule has 0 saturated carbocycles. The van der Waals surface area contributed by atoms with Crippen LogP contribution in [0, 0.1) is 5.41 Å². The van der Waals surface area contributed by atoms with Gasteiger partial charge in [0, 0.05) is 17.5 Å². The third-order valence-corrected chi connectivity index (χ3v) is 6.18. The molecule has 3 aromatic rings. The Labute approximate surface area is 185 Å². The topological polar surface area (TPSA) is 78.7 Å². The van der Waals surface area contributed by atoms with Crippen LogP contribution in [0.4, 0.5) is 0 Å². The molecule has 2 heterocycles. The third-order valence-electron chi connectivity index (χ3n) is 5.32. The number of amidine groups is 1. The molecule has 6 nitrogen and oxygen atoms in total. The maximum absolute atomic E-state index is 10.6. The lowest BCUT2D eigenvalue weighted by molar-refractivity contribution is 0.347. The number of aromatic nitrogens is 1. The van der Waals surface area contributed by atoms with Crippen molar-refractivity contribution in [2.45, 2.75) is 12.8 Å². The van der Waals surface area contributed by atoms with Crippen molar-refractivity contribution in [1.29, 1.82) is 5.41 Å². The van der Waals surface area contributed by atoms with E-state index in [-0.39, 0.29) is 5.76 Å². The standard InChI is InChI=1S/C24H25N3O3S/c1-29-20-11-10-17(13-21(20)30-2)18-15-31-24(26-18)22-19(28)14-27(23(22)25)12-6-9-16-7-4-3-5-8-16/h3-5,7-8,10-11,13,15,25,28H,6,9,12,14H2,1-2H3. The monoisotopic (exact) mass is 435 g/mol. The molecule has 0 atom stereocenters. The maximum atomic E-state index is 10.6. The van der Waals surface area contributed by atoms with Crippen molar-refractivity contribution in [3.8, 4) is 22.8 Å². The number of benzene rings is 2. The van der Waals surface area contributed by atoms with Crippen molar-refractivity contribution in [3.05, 3.63) is 70.2 Å². The number of hydrogen-bond acceptors (Lipinski definition) is 6. The average molecular weight is 436 g/mol. The van der Waals surface area contributed by atoms with Gasteiger partial charge in [-0.3, -0.25) is 5.41 Å². The zero-order chi connectivity index (χ0) is 21.8. The van der Waals surface area contributed by atoms with Crippen molar-refractivity contribution in [1.82, 2.24) is 9.88 Å². The zero-order valence-electron chi connectivity index (χ0n) is 17.6. The quantitative estimate of drug-likeness (QED) is 0.519. The highest BCUT2D eigenvalue weighted by Gasteiger charge is 2.30. The van der Waals surface area contributed by atoms with Crippen molar-refractivity contribution >= 4 is 22.7 Å². The smallest absolute Gasteiger partial charge is 0.161 e. The minimum atomic E-state index is 0.206. The molecule has 0 spiro atoms. The molecule has 1 aliphatic heterocycles. The summed E-state index contributed by atoms with van der Waals surface area (Å²) in [5.41, 5.74) is 3.47. The fourth-order valence-electron chi connectivity index (χ4n) is 3.68. The normalized spacial score (nSPS) is 13.7. The first-order valence-electron chi connectivity index (χ1n) is 10.1. The number of ether oxygens (including phenoxy) is 2. The molecule has 0 radical (unpaired) electrons. The number of methoxy groups -OCH3 is 2. The third kappa shape index (κ3) is 4.41. The van der Waals surface area contributed by atoms with Crippen LogP contribution >= 0.6 is 11.3 Å². The molecule has 0 amide bonds. The Morgan fingerprint density at radius 3 is 2.61 bits per heavy atom. The van der Waals surface area contributed by atoms with E-state index in [0.717, 1.165) is 30.6 Å². The summed E-state index contributed by atoms with van der Waals surface area (Å²) in [6, 6.07) is 16.0. The van der Waals surface area contributed by atoms with Crippen LogP contribution in [0.25, 0.3) is 16.8 Å². The van der Waals surface area contributed by atoms with Gasteiger partial charge < -0.3 is 19.5 Å². The van der Waals surface area contributed by atoms with E-state index in [1.165, 1.54) is 16.9 Å². The van der Waals surface area contributed by atoms with Gasteiger partial charge in [-0.2, -0.15) is 0 Å². The molecule has 0 aliphatic carbocycles. The van der Waals surface area contributed by atoms with Crippen LogP contribution in [-0.2, 0) is 6.42 Å². The minimum absolute atomic E-state index is 0.206. The molecule has 2 aromatic carbocycles. The number of aryl methyl sites for hydroxylation is 1. The highest BCUT2D eigenvalue weighted by Crippen LogP contribution is 2.35. The van der Waals surface area contributed by atoms with E-state index < -0.39 is 0 Å². The lowest BCUT2D eigenvalue weighted by Gasteiger charge is -2.18. The fourth-order valence-corrected chi connectivity index (χ4v) is 4.58. The molecule has 7 heteroatoms. The van der Waals surface area contributed by atoms with Crippen LogP contribution in [0.15, 0.2) is 59.7 Å². The molecule has 2 N–H and O–H groups in total. The Morgan fingerprint density at radius 1 is 1.10 bits per heavy atom. The summed E-state index contributed by atoms with van der Waals surface area (Å²) in [5.74, 6) is 1.83. The van der Waals surface area contributed by atoms with Crippen molar-refractivity contribution in [3.63, 3.8) is 0 Å². The van der Waals surface area contributed by atoms with Crippen LogP contribution < -0.4 is 9.47 Å². The molecule has 0 unspecified atom stereocenters. The maximum Gasteiger partial charge on any atom is 0.161 e. The van der Waals surface area contributed by atoms with Gasteiger partial charge in [-0.15, -0.1) is 11.3 Å². The number of thiazole rings is 1. The molecule has 0 saturated heterocycles. The molecular formula is C24H25N3O3S.